The summed E-state index contributed by atoms with van der Waals surface area (Å²) in [7, 11) is 4.27. The lowest BCUT2D eigenvalue weighted by Gasteiger charge is -2.45. The number of rotatable bonds is 5. The molecule has 0 aromatic rings. The van der Waals surface area contributed by atoms with Crippen LogP contribution in [0.2, 0.25) is 0 Å². The molecular weight excluding hydrogens is 312 g/mol. The second-order valence-corrected chi connectivity index (χ2v) is 5.69. The number of aliphatic hydroxyl groups is 3. The van der Waals surface area contributed by atoms with E-state index < -0.39 is 55.3 Å². The van der Waals surface area contributed by atoms with E-state index in [2.05, 4.69) is 0 Å². The van der Waals surface area contributed by atoms with Crippen LogP contribution >= 0.6 is 0 Å². The SMILES string of the molecule is COC1COC(OC2C(C)OC(OC)C(O)C2OC)C(O)C1O. The summed E-state index contributed by atoms with van der Waals surface area (Å²) >= 11 is 0. The third-order valence-electron chi connectivity index (χ3n) is 4.28. The molecule has 0 amide bonds. The highest BCUT2D eigenvalue weighted by Gasteiger charge is 2.48. The van der Waals surface area contributed by atoms with Gasteiger partial charge in [-0.05, 0) is 6.92 Å². The van der Waals surface area contributed by atoms with Gasteiger partial charge < -0.3 is 43.7 Å². The van der Waals surface area contributed by atoms with Gasteiger partial charge in [0.1, 0.15) is 36.6 Å². The first-order valence-corrected chi connectivity index (χ1v) is 7.49. The quantitative estimate of drug-likeness (QED) is 0.535. The summed E-state index contributed by atoms with van der Waals surface area (Å²) in [6.45, 7) is 1.81. The Bertz CT molecular complexity index is 368. The van der Waals surface area contributed by atoms with E-state index in [0.29, 0.717) is 0 Å². The molecule has 2 heterocycles. The molecule has 0 saturated carbocycles. The van der Waals surface area contributed by atoms with Crippen molar-refractivity contribution >= 4 is 0 Å². The Balaban J connectivity index is 2.05. The fourth-order valence-electron chi connectivity index (χ4n) is 2.89. The molecule has 3 N–H and O–H groups in total. The van der Waals surface area contributed by atoms with Gasteiger partial charge in [0.25, 0.3) is 0 Å². The lowest BCUT2D eigenvalue weighted by molar-refractivity contribution is -0.343. The van der Waals surface area contributed by atoms with Crippen molar-refractivity contribution in [1.82, 2.24) is 0 Å². The predicted molar refractivity (Wildman–Crippen MR) is 75.6 cm³/mol. The largest absolute Gasteiger partial charge is 0.387 e. The molecule has 136 valence electrons. The van der Waals surface area contributed by atoms with Gasteiger partial charge in [-0.3, -0.25) is 0 Å². The van der Waals surface area contributed by atoms with Gasteiger partial charge in [-0.15, -0.1) is 0 Å². The van der Waals surface area contributed by atoms with E-state index in [0.717, 1.165) is 0 Å². The zero-order valence-electron chi connectivity index (χ0n) is 13.7. The molecule has 9 nitrogen and oxygen atoms in total. The predicted octanol–water partition coefficient (Wildman–Crippen LogP) is -1.77. The minimum atomic E-state index is -1.30. The van der Waals surface area contributed by atoms with E-state index in [4.69, 9.17) is 28.4 Å². The van der Waals surface area contributed by atoms with Gasteiger partial charge in [-0.25, -0.2) is 0 Å². The molecule has 0 bridgehead atoms. The molecule has 0 aromatic heterocycles. The molecule has 9 unspecified atom stereocenters. The van der Waals surface area contributed by atoms with E-state index in [1.165, 1.54) is 21.3 Å². The zero-order chi connectivity index (χ0) is 17.1. The van der Waals surface area contributed by atoms with Crippen LogP contribution in [0.3, 0.4) is 0 Å². The number of aliphatic hydroxyl groups excluding tert-OH is 3. The average molecular weight is 338 g/mol. The summed E-state index contributed by atoms with van der Waals surface area (Å²) in [5.74, 6) is 0. The number of ether oxygens (including phenoxy) is 6. The smallest absolute Gasteiger partial charge is 0.186 e. The van der Waals surface area contributed by atoms with Crippen molar-refractivity contribution in [3.05, 3.63) is 0 Å². The second kappa shape index (κ2) is 8.15. The number of hydrogen-bond donors (Lipinski definition) is 3. The third kappa shape index (κ3) is 3.84. The van der Waals surface area contributed by atoms with Crippen molar-refractivity contribution in [2.75, 3.05) is 27.9 Å². The molecule has 0 aromatic carbocycles. The normalized spacial score (nSPS) is 48.4. The second-order valence-electron chi connectivity index (χ2n) is 5.69. The standard InChI is InChI=1S/C14H26O9/c1-6-11(12(19-3)10(17)13(20-4)22-6)23-14-9(16)8(15)7(18-2)5-21-14/h6-17H,5H2,1-4H3. The molecule has 2 rings (SSSR count). The Morgan fingerprint density at radius 1 is 0.826 bits per heavy atom. The molecule has 9 heteroatoms. The van der Waals surface area contributed by atoms with Gasteiger partial charge in [0.2, 0.25) is 0 Å². The van der Waals surface area contributed by atoms with E-state index in [9.17, 15) is 15.3 Å². The van der Waals surface area contributed by atoms with Crippen molar-refractivity contribution in [2.45, 2.75) is 62.2 Å². The minimum Gasteiger partial charge on any atom is -0.387 e. The van der Waals surface area contributed by atoms with E-state index in [1.54, 1.807) is 6.92 Å². The van der Waals surface area contributed by atoms with Crippen LogP contribution in [0.1, 0.15) is 6.92 Å². The first kappa shape index (κ1) is 19.0. The van der Waals surface area contributed by atoms with Gasteiger partial charge in [-0.1, -0.05) is 0 Å². The Kier molecular flexibility index (Phi) is 6.72. The molecular formula is C14H26O9. The van der Waals surface area contributed by atoms with Crippen LogP contribution in [0.15, 0.2) is 0 Å². The highest BCUT2D eigenvalue weighted by Crippen LogP contribution is 2.29. The van der Waals surface area contributed by atoms with Crippen LogP contribution in [0.4, 0.5) is 0 Å². The molecule has 2 aliphatic rings. The van der Waals surface area contributed by atoms with Crippen molar-refractivity contribution in [3.63, 3.8) is 0 Å². The van der Waals surface area contributed by atoms with Gasteiger partial charge >= 0.3 is 0 Å². The lowest BCUT2D eigenvalue weighted by atomic mass is 9.98. The average Bonchev–Trinajstić information content (AvgIpc) is 2.55. The Labute approximate surface area is 135 Å². The molecule has 23 heavy (non-hydrogen) atoms. The summed E-state index contributed by atoms with van der Waals surface area (Å²) in [4.78, 5) is 0. The minimum absolute atomic E-state index is 0.0717. The number of methoxy groups -OCH3 is 3. The van der Waals surface area contributed by atoms with Crippen LogP contribution in [-0.2, 0) is 28.4 Å². The van der Waals surface area contributed by atoms with Gasteiger partial charge in [0.05, 0.1) is 12.7 Å². The van der Waals surface area contributed by atoms with Crippen LogP contribution in [-0.4, -0.2) is 98.6 Å². The Morgan fingerprint density at radius 3 is 2.09 bits per heavy atom. The van der Waals surface area contributed by atoms with Crippen molar-refractivity contribution in [3.8, 4) is 0 Å². The Morgan fingerprint density at radius 2 is 1.52 bits per heavy atom. The lowest BCUT2D eigenvalue weighted by Crippen LogP contribution is -2.62. The number of hydrogen-bond acceptors (Lipinski definition) is 9. The van der Waals surface area contributed by atoms with Crippen LogP contribution in [0.5, 0.6) is 0 Å². The van der Waals surface area contributed by atoms with Crippen molar-refractivity contribution < 1.29 is 43.7 Å². The molecule has 0 aliphatic carbocycles. The van der Waals surface area contributed by atoms with E-state index >= 15 is 0 Å². The van der Waals surface area contributed by atoms with E-state index in [1.807, 2.05) is 0 Å². The molecule has 0 spiro atoms. The van der Waals surface area contributed by atoms with Gasteiger partial charge in [0, 0.05) is 21.3 Å². The first-order chi connectivity index (χ1) is 10.9. The topological polar surface area (TPSA) is 116 Å². The van der Waals surface area contributed by atoms with E-state index in [-0.39, 0.29) is 6.61 Å². The monoisotopic (exact) mass is 338 g/mol. The van der Waals surface area contributed by atoms with Crippen LogP contribution < -0.4 is 0 Å². The van der Waals surface area contributed by atoms with Crippen molar-refractivity contribution in [2.24, 2.45) is 0 Å². The molecule has 2 aliphatic heterocycles. The summed E-state index contributed by atoms with van der Waals surface area (Å²) in [5, 5.41) is 30.3. The fourth-order valence-corrected chi connectivity index (χ4v) is 2.89. The molecule has 0 radical (unpaired) electrons. The summed E-state index contributed by atoms with van der Waals surface area (Å²) in [6.07, 6.45) is -8.00. The fraction of sp³-hybridized carbons (Fsp3) is 1.00. The zero-order valence-corrected chi connectivity index (χ0v) is 13.7. The summed E-state index contributed by atoms with van der Waals surface area (Å²) in [5.41, 5.74) is 0. The van der Waals surface area contributed by atoms with Gasteiger partial charge in [0.15, 0.2) is 12.6 Å². The van der Waals surface area contributed by atoms with Gasteiger partial charge in [-0.2, -0.15) is 0 Å². The summed E-state index contributed by atoms with van der Waals surface area (Å²) < 4.78 is 32.1. The molecule has 2 saturated heterocycles. The maximum absolute atomic E-state index is 10.2. The maximum Gasteiger partial charge on any atom is 0.186 e. The van der Waals surface area contributed by atoms with Crippen LogP contribution in [0.25, 0.3) is 0 Å². The maximum atomic E-state index is 10.2. The highest BCUT2D eigenvalue weighted by molar-refractivity contribution is 4.92. The highest BCUT2D eigenvalue weighted by atomic mass is 16.7. The summed E-state index contributed by atoms with van der Waals surface area (Å²) in [6, 6.07) is 0. The third-order valence-corrected chi connectivity index (χ3v) is 4.28. The molecule has 2 fully saturated rings. The Hall–Kier alpha value is -0.360. The first-order valence-electron chi connectivity index (χ1n) is 7.49. The van der Waals surface area contributed by atoms with Crippen molar-refractivity contribution in [1.29, 1.82) is 0 Å². The molecule has 9 atom stereocenters. The van der Waals surface area contributed by atoms with Crippen LogP contribution in [0, 0.1) is 0 Å².